The van der Waals surface area contributed by atoms with Crippen molar-refractivity contribution in [2.75, 3.05) is 6.61 Å². The minimum Gasteiger partial charge on any atom is -0.657 e. The minimum atomic E-state index is -0.191. The van der Waals surface area contributed by atoms with Crippen LogP contribution in [0.4, 0.5) is 0 Å². The van der Waals surface area contributed by atoms with Gasteiger partial charge in [-0.15, -0.1) is 22.1 Å². The summed E-state index contributed by atoms with van der Waals surface area (Å²) in [6.45, 7) is 0.671. The summed E-state index contributed by atoms with van der Waals surface area (Å²) < 4.78 is 6.87. The predicted octanol–water partition coefficient (Wildman–Crippen LogP) is 12.0. The largest absolute Gasteiger partial charge is 2.00 e. The molecule has 3 aromatic heterocycles. The van der Waals surface area contributed by atoms with Crippen molar-refractivity contribution >= 4 is 45.5 Å². The van der Waals surface area contributed by atoms with Gasteiger partial charge in [-0.1, -0.05) is 176 Å². The van der Waals surface area contributed by atoms with Gasteiger partial charge in [0.05, 0.1) is 40.6 Å². The first kappa shape index (κ1) is 37.9. The number of hydrogen-bond acceptors (Lipinski definition) is 4. The fourth-order valence-electron chi connectivity index (χ4n) is 9.77. The molecule has 1 saturated heterocycles. The van der Waals surface area contributed by atoms with Gasteiger partial charge >= 0.3 is 16.5 Å². The second-order valence-electron chi connectivity index (χ2n) is 16.0. The quantitative estimate of drug-likeness (QED) is 0.174. The van der Waals surface area contributed by atoms with Gasteiger partial charge in [0.25, 0.3) is 0 Å². The Kier molecular flexibility index (Phi) is 9.64. The Morgan fingerprint density at radius 2 is 0.887 bits per heavy atom. The number of ether oxygens (including phenoxy) is 1. The zero-order valence-corrected chi connectivity index (χ0v) is 34.5. The molecule has 0 aliphatic carbocycles. The summed E-state index contributed by atoms with van der Waals surface area (Å²) in [6, 6.07) is 61.5. The van der Waals surface area contributed by atoms with E-state index in [1.807, 2.05) is 12.1 Å². The van der Waals surface area contributed by atoms with Crippen LogP contribution in [0.15, 0.2) is 176 Å². The number of aromatic nitrogens is 4. The van der Waals surface area contributed by atoms with Crippen LogP contribution in [-0.4, -0.2) is 22.7 Å². The minimum absolute atomic E-state index is 0. The van der Waals surface area contributed by atoms with Crippen LogP contribution in [0.1, 0.15) is 40.8 Å². The Hall–Kier alpha value is -7.05. The summed E-state index contributed by atoms with van der Waals surface area (Å²) in [5.74, 6) is 0.197. The average Bonchev–Trinajstić information content (AvgIpc) is 4.19. The smallest absolute Gasteiger partial charge is 0.657 e. The van der Waals surface area contributed by atoms with Crippen LogP contribution in [0, 0.1) is 5.92 Å². The van der Waals surface area contributed by atoms with Crippen LogP contribution in [0.3, 0.4) is 0 Å². The van der Waals surface area contributed by atoms with E-state index in [4.69, 9.17) is 24.7 Å². The van der Waals surface area contributed by atoms with E-state index in [1.54, 1.807) is 0 Å². The van der Waals surface area contributed by atoms with Crippen LogP contribution in [0.25, 0.3) is 90.0 Å². The van der Waals surface area contributed by atoms with Gasteiger partial charge in [-0.05, 0) is 68.6 Å². The molecule has 12 rings (SSSR count). The van der Waals surface area contributed by atoms with Gasteiger partial charge in [-0.3, -0.25) is 0 Å². The summed E-state index contributed by atoms with van der Waals surface area (Å²) in [5.41, 5.74) is 18.0. The van der Waals surface area contributed by atoms with E-state index in [-0.39, 0.29) is 34.6 Å². The van der Waals surface area contributed by atoms with Gasteiger partial charge in [-0.25, -0.2) is 9.97 Å². The van der Waals surface area contributed by atoms with Crippen molar-refractivity contribution in [3.05, 3.63) is 204 Å². The van der Waals surface area contributed by atoms with E-state index in [2.05, 4.69) is 181 Å². The van der Waals surface area contributed by atoms with Gasteiger partial charge < -0.3 is 20.0 Å². The van der Waals surface area contributed by atoms with Crippen molar-refractivity contribution in [2.24, 2.45) is 5.92 Å². The number of benzene rings is 5. The van der Waals surface area contributed by atoms with E-state index in [9.17, 15) is 0 Å². The van der Waals surface area contributed by atoms with Crippen LogP contribution in [-0.2, 0) is 21.2 Å². The molecule has 4 aliphatic heterocycles. The molecule has 7 heterocycles. The van der Waals surface area contributed by atoms with Gasteiger partial charge in [0.1, 0.15) is 0 Å². The maximum absolute atomic E-state index is 6.87. The van der Waals surface area contributed by atoms with Crippen molar-refractivity contribution in [3.63, 3.8) is 0 Å². The number of nitrogens with one attached hydrogen (secondary N) is 1. The first-order chi connectivity index (χ1) is 30.3. The van der Waals surface area contributed by atoms with E-state index in [0.717, 1.165) is 107 Å². The third-order valence-electron chi connectivity index (χ3n) is 12.5. The van der Waals surface area contributed by atoms with Crippen LogP contribution in [0.5, 0.6) is 0 Å². The molecule has 0 radical (unpaired) electrons. The fourth-order valence-corrected chi connectivity index (χ4v) is 9.77. The van der Waals surface area contributed by atoms with Crippen LogP contribution >= 0.6 is 0 Å². The Morgan fingerprint density at radius 3 is 1.37 bits per heavy atom. The molecule has 5 aromatic carbocycles. The molecule has 6 nitrogen and oxygen atoms in total. The molecule has 1 N–H and O–H groups in total. The molecule has 4 aliphatic rings. The molecular formula is C55H39N5NiO. The van der Waals surface area contributed by atoms with Gasteiger partial charge in [0, 0.05) is 18.1 Å². The van der Waals surface area contributed by atoms with Gasteiger partial charge in [-0.2, -0.15) is 0 Å². The Labute approximate surface area is 370 Å². The SMILES string of the molecule is C1=Cc2nc1c(-c1ccccc1)c1ccc([n-]1)c(-c1ccccc1)c1nc(c(-c3ccccc3)c3ccc([n-]3)c2-c2ccccc2)C2=C1N[C@H](c1ccccc1)[C@H]1CCO[C@@H]21.[Ni+2]. The van der Waals surface area contributed by atoms with E-state index >= 15 is 0 Å². The summed E-state index contributed by atoms with van der Waals surface area (Å²) in [7, 11) is 0. The van der Waals surface area contributed by atoms with Crippen molar-refractivity contribution < 1.29 is 21.2 Å². The number of nitrogens with zero attached hydrogens (tertiary/aromatic N) is 4. The molecule has 0 spiro atoms. The number of fused-ring (bicyclic) bond motifs is 12. The van der Waals surface area contributed by atoms with Crippen LogP contribution < -0.4 is 15.3 Å². The second kappa shape index (κ2) is 15.8. The summed E-state index contributed by atoms with van der Waals surface area (Å²) in [5, 5.41) is 4.13. The van der Waals surface area contributed by atoms with Crippen molar-refractivity contribution in [3.8, 4) is 44.5 Å². The molecule has 3 atom stereocenters. The molecule has 1 fully saturated rings. The molecule has 8 bridgehead atoms. The third-order valence-corrected chi connectivity index (χ3v) is 12.5. The van der Waals surface area contributed by atoms with Crippen molar-refractivity contribution in [1.82, 2.24) is 25.3 Å². The van der Waals surface area contributed by atoms with E-state index in [1.165, 1.54) is 5.56 Å². The second-order valence-corrected chi connectivity index (χ2v) is 16.0. The van der Waals surface area contributed by atoms with Gasteiger partial charge in [0.15, 0.2) is 0 Å². The van der Waals surface area contributed by atoms with Crippen molar-refractivity contribution in [1.29, 1.82) is 0 Å². The Balaban J connectivity index is 0.00000432. The summed E-state index contributed by atoms with van der Waals surface area (Å²) in [4.78, 5) is 22.3. The molecule has 62 heavy (non-hydrogen) atoms. The Bertz CT molecular complexity index is 3200. The van der Waals surface area contributed by atoms with Crippen molar-refractivity contribution in [2.45, 2.75) is 18.6 Å². The molecule has 0 saturated carbocycles. The monoisotopic (exact) mass is 843 g/mol. The van der Waals surface area contributed by atoms with Crippen LogP contribution in [0.2, 0.25) is 0 Å². The topological polar surface area (TPSA) is 75.2 Å². The molecule has 0 amide bonds. The zero-order chi connectivity index (χ0) is 40.3. The maximum Gasteiger partial charge on any atom is 2.00 e. The molecule has 300 valence electrons. The number of hydrogen-bond donors (Lipinski definition) is 1. The zero-order valence-electron chi connectivity index (χ0n) is 33.6. The van der Waals surface area contributed by atoms with E-state index in [0.29, 0.717) is 6.61 Å². The predicted molar refractivity (Wildman–Crippen MR) is 247 cm³/mol. The van der Waals surface area contributed by atoms with Gasteiger partial charge in [0.2, 0.25) is 0 Å². The fraction of sp³-hybridized carbons (Fsp3) is 0.0909. The molecular weight excluding hydrogens is 805 g/mol. The maximum atomic E-state index is 6.87. The molecule has 7 heteroatoms. The molecule has 8 aromatic rings. The normalized spacial score (nSPS) is 17.5. The number of rotatable bonds is 5. The Morgan fingerprint density at radius 1 is 0.468 bits per heavy atom. The summed E-state index contributed by atoms with van der Waals surface area (Å²) >= 11 is 0. The first-order valence-electron chi connectivity index (χ1n) is 21.0. The average molecular weight is 845 g/mol. The molecule has 0 unspecified atom stereocenters. The third kappa shape index (κ3) is 6.36. The first-order valence-corrected chi connectivity index (χ1v) is 21.0. The van der Waals surface area contributed by atoms with E-state index < -0.39 is 0 Å². The standard InChI is InChI=1S/C55H39N5O.Ni/c1-6-16-34(17-7-1)46-40-26-27-41(56-40)47(35-18-8-2-9-19-35)43-29-31-45(58-43)49(37-22-12-4-13-23-37)53-54-50(55-39(32-33-61-55)51(59-54)38-24-14-5-15-25-38)52(60-53)48(36-20-10-3-11-21-36)44-30-28-42(46)57-44;/h1-31,39,51,55,59H,32-33H2;/q-2;+2/t39-,51-,55-;/m1./s1. The summed E-state index contributed by atoms with van der Waals surface area (Å²) in [6.07, 6.45) is 4.98.